The third-order valence-electron chi connectivity index (χ3n) is 6.29. The third-order valence-corrected chi connectivity index (χ3v) is 6.29. The fraction of sp³-hybridized carbons (Fsp3) is 0.280. The highest BCUT2D eigenvalue weighted by molar-refractivity contribution is 6.03. The lowest BCUT2D eigenvalue weighted by Gasteiger charge is -2.23. The van der Waals surface area contributed by atoms with Gasteiger partial charge in [0.15, 0.2) is 5.82 Å². The number of aromatic nitrogens is 2. The predicted molar refractivity (Wildman–Crippen MR) is 124 cm³/mol. The maximum absolute atomic E-state index is 14.4. The first kappa shape index (κ1) is 22.9. The van der Waals surface area contributed by atoms with Crippen LogP contribution < -0.4 is 10.6 Å². The first-order valence-electron chi connectivity index (χ1n) is 11.3. The molecule has 0 aliphatic carbocycles. The molecule has 2 amide bonds. The average molecular weight is 479 g/mol. The van der Waals surface area contributed by atoms with Gasteiger partial charge in [0.1, 0.15) is 23.0 Å². The minimum Gasteiger partial charge on any atom is -0.394 e. The SMILES string of the molecule is O=C1NCc2nc(-c3c(F)cccc3F)nc(Nc3ccc(CC(=O)N4CCC[C@H]4CO)cc3)c21. The van der Waals surface area contributed by atoms with E-state index in [1.165, 1.54) is 6.07 Å². The first-order chi connectivity index (χ1) is 16.9. The molecule has 1 saturated heterocycles. The van der Waals surface area contributed by atoms with Crippen molar-refractivity contribution in [2.45, 2.75) is 31.8 Å². The van der Waals surface area contributed by atoms with E-state index in [0.29, 0.717) is 17.9 Å². The summed E-state index contributed by atoms with van der Waals surface area (Å²) in [5, 5.41) is 15.2. The van der Waals surface area contributed by atoms with E-state index in [4.69, 9.17) is 0 Å². The van der Waals surface area contributed by atoms with Crippen molar-refractivity contribution in [3.05, 3.63) is 70.9 Å². The number of aliphatic hydroxyl groups excluding tert-OH is 1. The molecule has 3 aromatic rings. The molecule has 10 heteroatoms. The van der Waals surface area contributed by atoms with Crippen molar-refractivity contribution in [3.8, 4) is 11.4 Å². The summed E-state index contributed by atoms with van der Waals surface area (Å²) in [6, 6.07) is 10.4. The molecule has 1 fully saturated rings. The minimum absolute atomic E-state index is 0.0375. The second-order valence-corrected chi connectivity index (χ2v) is 8.56. The number of rotatable bonds is 6. The molecule has 0 bridgehead atoms. The van der Waals surface area contributed by atoms with Crippen LogP contribution >= 0.6 is 0 Å². The van der Waals surface area contributed by atoms with Crippen LogP contribution in [0, 0.1) is 11.6 Å². The Kier molecular flexibility index (Phi) is 6.12. The molecule has 3 heterocycles. The largest absolute Gasteiger partial charge is 0.394 e. The van der Waals surface area contributed by atoms with Crippen LogP contribution in [0.2, 0.25) is 0 Å². The number of anilines is 2. The van der Waals surface area contributed by atoms with E-state index in [9.17, 15) is 23.5 Å². The first-order valence-corrected chi connectivity index (χ1v) is 11.3. The van der Waals surface area contributed by atoms with E-state index in [1.54, 1.807) is 29.2 Å². The Morgan fingerprint density at radius 2 is 1.86 bits per heavy atom. The van der Waals surface area contributed by atoms with E-state index in [1.807, 2.05) is 0 Å². The van der Waals surface area contributed by atoms with Crippen LogP contribution in [0.3, 0.4) is 0 Å². The van der Waals surface area contributed by atoms with Gasteiger partial charge in [0.2, 0.25) is 5.91 Å². The molecule has 0 unspecified atom stereocenters. The van der Waals surface area contributed by atoms with E-state index in [0.717, 1.165) is 30.5 Å². The molecule has 5 rings (SSSR count). The number of halogens is 2. The van der Waals surface area contributed by atoms with Crippen LogP contribution in [0.5, 0.6) is 0 Å². The number of aliphatic hydroxyl groups is 1. The topological polar surface area (TPSA) is 107 Å². The maximum Gasteiger partial charge on any atom is 0.257 e. The molecule has 2 aliphatic rings. The number of nitrogens with one attached hydrogen (secondary N) is 2. The summed E-state index contributed by atoms with van der Waals surface area (Å²) in [6.45, 7) is 0.737. The van der Waals surface area contributed by atoms with Gasteiger partial charge in [-0.25, -0.2) is 18.7 Å². The van der Waals surface area contributed by atoms with Crippen molar-refractivity contribution in [1.82, 2.24) is 20.2 Å². The van der Waals surface area contributed by atoms with Gasteiger partial charge in [-0.1, -0.05) is 18.2 Å². The van der Waals surface area contributed by atoms with Crippen LogP contribution in [0.1, 0.15) is 34.5 Å². The third kappa shape index (κ3) is 4.44. The zero-order valence-electron chi connectivity index (χ0n) is 18.7. The second kappa shape index (κ2) is 9.38. The fourth-order valence-corrected chi connectivity index (χ4v) is 4.51. The molecule has 3 N–H and O–H groups in total. The van der Waals surface area contributed by atoms with Gasteiger partial charge in [0.05, 0.1) is 36.9 Å². The van der Waals surface area contributed by atoms with Crippen LogP contribution in [-0.4, -0.2) is 51.0 Å². The van der Waals surface area contributed by atoms with Crippen molar-refractivity contribution in [2.75, 3.05) is 18.5 Å². The molecule has 35 heavy (non-hydrogen) atoms. The molecule has 0 spiro atoms. The van der Waals surface area contributed by atoms with Crippen LogP contribution in [0.4, 0.5) is 20.3 Å². The smallest absolute Gasteiger partial charge is 0.257 e. The molecule has 2 aromatic carbocycles. The quantitative estimate of drug-likeness (QED) is 0.502. The summed E-state index contributed by atoms with van der Waals surface area (Å²) in [5.74, 6) is -2.05. The van der Waals surface area contributed by atoms with Crippen molar-refractivity contribution in [2.24, 2.45) is 0 Å². The summed E-state index contributed by atoms with van der Waals surface area (Å²) < 4.78 is 28.7. The minimum atomic E-state index is -0.802. The number of fused-ring (bicyclic) bond motifs is 1. The Bertz CT molecular complexity index is 1280. The summed E-state index contributed by atoms with van der Waals surface area (Å²) in [7, 11) is 0. The van der Waals surface area contributed by atoms with Gasteiger partial charge >= 0.3 is 0 Å². The standard InChI is InChI=1S/C25H23F2N5O3/c26-17-4-1-5-18(27)21(17)23-30-19-12-28-25(35)22(19)24(31-23)29-15-8-6-14(7-9-15)11-20(34)32-10-2-3-16(32)13-33/h1,4-9,16,33H,2-3,10-13H2,(H,28,35)(H,29,30,31)/t16-/m0/s1. The number of hydrogen-bond donors (Lipinski definition) is 3. The zero-order chi connectivity index (χ0) is 24.5. The molecular weight excluding hydrogens is 456 g/mol. The lowest BCUT2D eigenvalue weighted by molar-refractivity contribution is -0.132. The lowest BCUT2D eigenvalue weighted by atomic mass is 10.1. The fourth-order valence-electron chi connectivity index (χ4n) is 4.51. The number of benzene rings is 2. The molecule has 2 aliphatic heterocycles. The van der Waals surface area contributed by atoms with Crippen LogP contribution in [0.25, 0.3) is 11.4 Å². The summed E-state index contributed by atoms with van der Waals surface area (Å²) in [6.07, 6.45) is 1.90. The van der Waals surface area contributed by atoms with Gasteiger partial charge in [0.25, 0.3) is 5.91 Å². The molecule has 180 valence electrons. The van der Waals surface area contributed by atoms with Crippen molar-refractivity contribution < 1.29 is 23.5 Å². The van der Waals surface area contributed by atoms with Crippen LogP contribution in [0.15, 0.2) is 42.5 Å². The van der Waals surface area contributed by atoms with E-state index >= 15 is 0 Å². The van der Waals surface area contributed by atoms with Gasteiger partial charge in [-0.05, 0) is 42.7 Å². The number of likely N-dealkylation sites (tertiary alicyclic amines) is 1. The second-order valence-electron chi connectivity index (χ2n) is 8.56. The molecule has 1 atom stereocenters. The average Bonchev–Trinajstić information content (AvgIpc) is 3.47. The monoisotopic (exact) mass is 479 g/mol. The number of carbonyl (C=O) groups excluding carboxylic acids is 2. The number of nitrogens with zero attached hydrogens (tertiary/aromatic N) is 3. The molecule has 0 saturated carbocycles. The van der Waals surface area contributed by atoms with Crippen LogP contribution in [-0.2, 0) is 17.8 Å². The maximum atomic E-state index is 14.4. The van der Waals surface area contributed by atoms with Gasteiger partial charge in [-0.15, -0.1) is 0 Å². The van der Waals surface area contributed by atoms with E-state index in [-0.39, 0.29) is 60.2 Å². The van der Waals surface area contributed by atoms with Gasteiger partial charge in [-0.2, -0.15) is 0 Å². The van der Waals surface area contributed by atoms with Gasteiger partial charge < -0.3 is 20.6 Å². The van der Waals surface area contributed by atoms with Gasteiger partial charge in [-0.3, -0.25) is 9.59 Å². The number of hydrogen-bond acceptors (Lipinski definition) is 6. The molecule has 1 aromatic heterocycles. The summed E-state index contributed by atoms with van der Waals surface area (Å²) >= 11 is 0. The number of amides is 2. The predicted octanol–water partition coefficient (Wildman–Crippen LogP) is 2.93. The summed E-state index contributed by atoms with van der Waals surface area (Å²) in [5.41, 5.74) is 1.57. The molecular formula is C25H23F2N5O3. The molecule has 0 radical (unpaired) electrons. The van der Waals surface area contributed by atoms with Crippen molar-refractivity contribution in [1.29, 1.82) is 0 Å². The van der Waals surface area contributed by atoms with Gasteiger partial charge in [0, 0.05) is 12.2 Å². The van der Waals surface area contributed by atoms with E-state index < -0.39 is 11.6 Å². The van der Waals surface area contributed by atoms with Crippen molar-refractivity contribution in [3.63, 3.8) is 0 Å². The zero-order valence-corrected chi connectivity index (χ0v) is 18.7. The highest BCUT2D eigenvalue weighted by atomic mass is 19.1. The van der Waals surface area contributed by atoms with Crippen molar-refractivity contribution >= 4 is 23.3 Å². The Balaban J connectivity index is 1.39. The highest BCUT2D eigenvalue weighted by Crippen LogP contribution is 2.30. The normalized spacial score (nSPS) is 16.8. The Labute approximate surface area is 200 Å². The van der Waals surface area contributed by atoms with E-state index in [2.05, 4.69) is 20.6 Å². The Morgan fingerprint density at radius 3 is 2.57 bits per heavy atom. The Hall–Kier alpha value is -3.92. The lowest BCUT2D eigenvalue weighted by Crippen LogP contribution is -2.38. The highest BCUT2D eigenvalue weighted by Gasteiger charge is 2.29. The number of carbonyl (C=O) groups is 2. The summed E-state index contributed by atoms with van der Waals surface area (Å²) in [4.78, 5) is 35.2. The Morgan fingerprint density at radius 1 is 1.11 bits per heavy atom. The molecule has 8 nitrogen and oxygen atoms in total.